The van der Waals surface area contributed by atoms with Gasteiger partial charge in [0, 0.05) is 17.1 Å². The number of carboxylic acid groups (broad SMARTS) is 1. The SMILES string of the molecule is CCCC(C(=O)O)N(c1ccccc1)c1ccc(N)cc1. The second-order valence-electron chi connectivity index (χ2n) is 4.94. The van der Waals surface area contributed by atoms with Crippen molar-refractivity contribution in [3.63, 3.8) is 0 Å². The number of carboxylic acids is 1. The number of aliphatic carboxylic acids is 1. The number of carbonyl (C=O) groups is 1. The Labute approximate surface area is 124 Å². The van der Waals surface area contributed by atoms with Gasteiger partial charge in [-0.3, -0.25) is 0 Å². The molecule has 0 aliphatic carbocycles. The van der Waals surface area contributed by atoms with Crippen LogP contribution >= 0.6 is 0 Å². The summed E-state index contributed by atoms with van der Waals surface area (Å²) in [6.07, 6.45) is 1.38. The van der Waals surface area contributed by atoms with Gasteiger partial charge in [-0.15, -0.1) is 0 Å². The molecule has 2 rings (SSSR count). The van der Waals surface area contributed by atoms with Gasteiger partial charge in [0.2, 0.25) is 0 Å². The van der Waals surface area contributed by atoms with Crippen LogP contribution in [0.25, 0.3) is 0 Å². The Morgan fingerprint density at radius 1 is 1.10 bits per heavy atom. The Morgan fingerprint density at radius 3 is 2.19 bits per heavy atom. The van der Waals surface area contributed by atoms with Crippen molar-refractivity contribution in [2.24, 2.45) is 0 Å². The molecule has 0 spiro atoms. The van der Waals surface area contributed by atoms with E-state index in [-0.39, 0.29) is 0 Å². The lowest BCUT2D eigenvalue weighted by Gasteiger charge is -2.31. The fraction of sp³-hybridized carbons (Fsp3) is 0.235. The first-order valence-electron chi connectivity index (χ1n) is 7.06. The fourth-order valence-electron chi connectivity index (χ4n) is 2.37. The third-order valence-corrected chi connectivity index (χ3v) is 3.36. The predicted molar refractivity (Wildman–Crippen MR) is 85.8 cm³/mol. The molecule has 0 aromatic heterocycles. The first-order chi connectivity index (χ1) is 10.1. The van der Waals surface area contributed by atoms with E-state index in [4.69, 9.17) is 5.73 Å². The molecule has 0 radical (unpaired) electrons. The van der Waals surface area contributed by atoms with Crippen LogP contribution in [-0.4, -0.2) is 17.1 Å². The number of rotatable bonds is 6. The number of benzene rings is 2. The predicted octanol–water partition coefficient (Wildman–Crippen LogP) is 3.66. The van der Waals surface area contributed by atoms with E-state index in [0.29, 0.717) is 12.1 Å². The van der Waals surface area contributed by atoms with E-state index < -0.39 is 12.0 Å². The van der Waals surface area contributed by atoms with E-state index in [1.54, 1.807) is 12.1 Å². The first-order valence-corrected chi connectivity index (χ1v) is 7.06. The summed E-state index contributed by atoms with van der Waals surface area (Å²) in [6, 6.07) is 16.3. The van der Waals surface area contributed by atoms with E-state index in [1.807, 2.05) is 54.3 Å². The van der Waals surface area contributed by atoms with Gasteiger partial charge in [-0.1, -0.05) is 31.5 Å². The number of nitrogens with zero attached hydrogens (tertiary/aromatic N) is 1. The van der Waals surface area contributed by atoms with Crippen molar-refractivity contribution in [2.45, 2.75) is 25.8 Å². The van der Waals surface area contributed by atoms with E-state index >= 15 is 0 Å². The summed E-state index contributed by atoms with van der Waals surface area (Å²) in [5.74, 6) is -0.822. The molecule has 0 heterocycles. The number of anilines is 3. The van der Waals surface area contributed by atoms with Crippen molar-refractivity contribution in [3.8, 4) is 0 Å². The van der Waals surface area contributed by atoms with Crippen molar-refractivity contribution >= 4 is 23.0 Å². The minimum atomic E-state index is -0.822. The van der Waals surface area contributed by atoms with Gasteiger partial charge < -0.3 is 15.7 Å². The lowest BCUT2D eigenvalue weighted by Crippen LogP contribution is -2.38. The second-order valence-corrected chi connectivity index (χ2v) is 4.94. The third kappa shape index (κ3) is 3.54. The van der Waals surface area contributed by atoms with Crippen LogP contribution in [0.3, 0.4) is 0 Å². The Bertz CT molecular complexity index is 581. The van der Waals surface area contributed by atoms with E-state index in [0.717, 1.165) is 17.8 Å². The molecule has 21 heavy (non-hydrogen) atoms. The second kappa shape index (κ2) is 6.79. The minimum absolute atomic E-state index is 0.578. The molecular weight excluding hydrogens is 264 g/mol. The van der Waals surface area contributed by atoms with Crippen molar-refractivity contribution in [1.82, 2.24) is 0 Å². The van der Waals surface area contributed by atoms with Gasteiger partial charge in [0.15, 0.2) is 0 Å². The summed E-state index contributed by atoms with van der Waals surface area (Å²) in [5.41, 5.74) is 8.08. The Kier molecular flexibility index (Phi) is 4.82. The van der Waals surface area contributed by atoms with Crippen molar-refractivity contribution < 1.29 is 9.90 Å². The first kappa shape index (κ1) is 14.9. The number of nitrogens with two attached hydrogens (primary N) is 1. The standard InChI is InChI=1S/C17H20N2O2/c1-2-6-16(17(20)21)19(14-7-4-3-5-8-14)15-11-9-13(18)10-12-15/h3-5,7-12,16H,2,6,18H2,1H3,(H,20,21). The quantitative estimate of drug-likeness (QED) is 0.794. The molecule has 0 aliphatic heterocycles. The van der Waals surface area contributed by atoms with Crippen molar-refractivity contribution in [1.29, 1.82) is 0 Å². The van der Waals surface area contributed by atoms with Gasteiger partial charge in [-0.2, -0.15) is 0 Å². The van der Waals surface area contributed by atoms with Crippen LogP contribution < -0.4 is 10.6 Å². The highest BCUT2D eigenvalue weighted by Crippen LogP contribution is 2.30. The number of hydrogen-bond acceptors (Lipinski definition) is 3. The molecule has 4 heteroatoms. The van der Waals surface area contributed by atoms with Crippen LogP contribution in [0.15, 0.2) is 54.6 Å². The number of hydrogen-bond donors (Lipinski definition) is 2. The van der Waals surface area contributed by atoms with Crippen molar-refractivity contribution in [2.75, 3.05) is 10.6 Å². The molecule has 0 fully saturated rings. The molecule has 0 saturated heterocycles. The number of nitrogen functional groups attached to an aromatic ring is 1. The molecule has 2 aromatic rings. The molecular formula is C17H20N2O2. The zero-order valence-corrected chi connectivity index (χ0v) is 12.1. The molecule has 110 valence electrons. The van der Waals surface area contributed by atoms with Crippen molar-refractivity contribution in [3.05, 3.63) is 54.6 Å². The van der Waals surface area contributed by atoms with Crippen LogP contribution in [0.2, 0.25) is 0 Å². The van der Waals surface area contributed by atoms with Crippen LogP contribution in [0, 0.1) is 0 Å². The molecule has 2 aromatic carbocycles. The van der Waals surface area contributed by atoms with Gasteiger partial charge >= 0.3 is 5.97 Å². The summed E-state index contributed by atoms with van der Waals surface area (Å²) >= 11 is 0. The lowest BCUT2D eigenvalue weighted by molar-refractivity contribution is -0.138. The average Bonchev–Trinajstić information content (AvgIpc) is 2.49. The minimum Gasteiger partial charge on any atom is -0.480 e. The molecule has 0 amide bonds. The van der Waals surface area contributed by atoms with Crippen LogP contribution in [-0.2, 0) is 4.79 Å². The summed E-state index contributed by atoms with van der Waals surface area (Å²) in [5, 5.41) is 9.59. The monoisotopic (exact) mass is 284 g/mol. The smallest absolute Gasteiger partial charge is 0.326 e. The molecule has 3 N–H and O–H groups in total. The Morgan fingerprint density at radius 2 is 1.67 bits per heavy atom. The van der Waals surface area contributed by atoms with E-state index in [1.165, 1.54) is 0 Å². The summed E-state index contributed by atoms with van der Waals surface area (Å²) in [7, 11) is 0. The third-order valence-electron chi connectivity index (χ3n) is 3.36. The van der Waals surface area contributed by atoms with Crippen LogP contribution in [0.1, 0.15) is 19.8 Å². The average molecular weight is 284 g/mol. The maximum absolute atomic E-state index is 11.7. The zero-order chi connectivity index (χ0) is 15.2. The Balaban J connectivity index is 2.48. The Hall–Kier alpha value is -2.49. The number of para-hydroxylation sites is 1. The highest BCUT2D eigenvalue weighted by atomic mass is 16.4. The van der Waals surface area contributed by atoms with Gasteiger partial charge in [-0.05, 0) is 42.8 Å². The lowest BCUT2D eigenvalue weighted by atomic mass is 10.1. The van der Waals surface area contributed by atoms with E-state index in [9.17, 15) is 9.90 Å². The highest BCUT2D eigenvalue weighted by Gasteiger charge is 2.26. The molecule has 4 nitrogen and oxygen atoms in total. The largest absolute Gasteiger partial charge is 0.480 e. The zero-order valence-electron chi connectivity index (χ0n) is 12.1. The van der Waals surface area contributed by atoms with Gasteiger partial charge in [-0.25, -0.2) is 4.79 Å². The highest BCUT2D eigenvalue weighted by molar-refractivity contribution is 5.82. The molecule has 0 saturated carbocycles. The summed E-state index contributed by atoms with van der Waals surface area (Å²) in [4.78, 5) is 13.5. The maximum Gasteiger partial charge on any atom is 0.326 e. The van der Waals surface area contributed by atoms with Crippen LogP contribution in [0.4, 0.5) is 17.1 Å². The molecule has 1 unspecified atom stereocenters. The molecule has 1 atom stereocenters. The molecule has 0 aliphatic rings. The fourth-order valence-corrected chi connectivity index (χ4v) is 2.37. The van der Waals surface area contributed by atoms with Crippen LogP contribution in [0.5, 0.6) is 0 Å². The maximum atomic E-state index is 11.7. The normalized spacial score (nSPS) is 11.9. The summed E-state index contributed by atoms with van der Waals surface area (Å²) in [6.45, 7) is 1.99. The molecule has 0 bridgehead atoms. The van der Waals surface area contributed by atoms with Gasteiger partial charge in [0.05, 0.1) is 0 Å². The topological polar surface area (TPSA) is 66.6 Å². The van der Waals surface area contributed by atoms with Gasteiger partial charge in [0.25, 0.3) is 0 Å². The van der Waals surface area contributed by atoms with Gasteiger partial charge in [0.1, 0.15) is 6.04 Å². The summed E-state index contributed by atoms with van der Waals surface area (Å²) < 4.78 is 0. The van der Waals surface area contributed by atoms with E-state index in [2.05, 4.69) is 0 Å².